The third-order valence-corrected chi connectivity index (χ3v) is 7.66. The molecule has 1 aliphatic heterocycles. The molecule has 0 bridgehead atoms. The molecule has 1 aliphatic rings. The molecule has 178 valence electrons. The Kier molecular flexibility index (Phi) is 8.38. The van der Waals surface area contributed by atoms with Gasteiger partial charge in [0.15, 0.2) is 0 Å². The Morgan fingerprint density at radius 1 is 1.18 bits per heavy atom. The number of allylic oxidation sites excluding steroid dienone is 1. The smallest absolute Gasteiger partial charge is 0.342 e. The van der Waals surface area contributed by atoms with Gasteiger partial charge in [0.1, 0.15) is 23.7 Å². The van der Waals surface area contributed by atoms with Crippen LogP contribution in [0.4, 0.5) is 0 Å². The number of carbonyl (C=O) groups excluding carboxylic acids is 1. The molecular weight excluding hydrogens is 430 g/mol. The molecule has 5 nitrogen and oxygen atoms in total. The Labute approximate surface area is 199 Å². The van der Waals surface area contributed by atoms with Gasteiger partial charge in [0.2, 0.25) is 0 Å². The standard InChI is InChI=1S/C27H37NO4Si/c1-19(16-28-17-21-10-8-7-9-11-21)12-13-22-25(30-3)20(2)23-18-32-27(29)24(23)26(22)31-14-15-33(4,5)6/h7-12,28H,13-18H2,1-6H3/b19-12+. The molecule has 0 saturated carbocycles. The van der Waals surface area contributed by atoms with Gasteiger partial charge in [0.05, 0.1) is 13.7 Å². The molecular formula is C27H37NO4Si. The summed E-state index contributed by atoms with van der Waals surface area (Å²) in [6.07, 6.45) is 2.82. The number of cyclic esters (lactones) is 1. The predicted molar refractivity (Wildman–Crippen MR) is 136 cm³/mol. The maximum Gasteiger partial charge on any atom is 0.342 e. The number of esters is 1. The molecule has 0 atom stereocenters. The molecule has 1 N–H and O–H groups in total. The van der Waals surface area contributed by atoms with Gasteiger partial charge in [-0.05, 0) is 37.4 Å². The van der Waals surface area contributed by atoms with Crippen molar-refractivity contribution in [3.8, 4) is 11.5 Å². The molecule has 2 aromatic rings. The van der Waals surface area contributed by atoms with Crippen molar-refractivity contribution in [1.82, 2.24) is 5.32 Å². The summed E-state index contributed by atoms with van der Waals surface area (Å²) < 4.78 is 17.5. The molecule has 0 aromatic heterocycles. The number of ether oxygens (including phenoxy) is 3. The van der Waals surface area contributed by atoms with Crippen molar-refractivity contribution in [3.05, 3.63) is 69.8 Å². The van der Waals surface area contributed by atoms with Crippen molar-refractivity contribution < 1.29 is 19.0 Å². The molecule has 0 saturated heterocycles. The van der Waals surface area contributed by atoms with Crippen molar-refractivity contribution in [1.29, 1.82) is 0 Å². The normalized spacial score (nSPS) is 13.6. The van der Waals surface area contributed by atoms with Crippen LogP contribution in [0.5, 0.6) is 11.5 Å². The lowest BCUT2D eigenvalue weighted by molar-refractivity contribution is 0.0532. The highest BCUT2D eigenvalue weighted by molar-refractivity contribution is 6.76. The van der Waals surface area contributed by atoms with Gasteiger partial charge >= 0.3 is 5.97 Å². The van der Waals surface area contributed by atoms with Gasteiger partial charge in [-0.2, -0.15) is 0 Å². The summed E-state index contributed by atoms with van der Waals surface area (Å²) in [6.45, 7) is 13.5. The highest BCUT2D eigenvalue weighted by Crippen LogP contribution is 2.43. The first-order valence-corrected chi connectivity index (χ1v) is 15.3. The van der Waals surface area contributed by atoms with Crippen LogP contribution < -0.4 is 14.8 Å². The fraction of sp³-hybridized carbons (Fsp3) is 0.444. The van der Waals surface area contributed by atoms with E-state index in [9.17, 15) is 4.79 Å². The number of fused-ring (bicyclic) bond motifs is 1. The van der Waals surface area contributed by atoms with Crippen LogP contribution in [0.1, 0.15) is 39.5 Å². The second-order valence-electron chi connectivity index (χ2n) is 9.90. The topological polar surface area (TPSA) is 56.8 Å². The minimum absolute atomic E-state index is 0.277. The molecule has 0 aliphatic carbocycles. The summed E-state index contributed by atoms with van der Waals surface area (Å²) in [4.78, 5) is 12.6. The van der Waals surface area contributed by atoms with Crippen LogP contribution in [0.25, 0.3) is 0 Å². The van der Waals surface area contributed by atoms with E-state index in [1.807, 2.05) is 13.0 Å². The van der Waals surface area contributed by atoms with E-state index in [1.54, 1.807) is 7.11 Å². The van der Waals surface area contributed by atoms with Crippen LogP contribution in [0.3, 0.4) is 0 Å². The number of nitrogens with one attached hydrogen (secondary N) is 1. The van der Waals surface area contributed by atoms with Crippen LogP contribution in [-0.2, 0) is 24.3 Å². The molecule has 33 heavy (non-hydrogen) atoms. The number of methoxy groups -OCH3 is 1. The minimum atomic E-state index is -1.28. The lowest BCUT2D eigenvalue weighted by atomic mass is 9.95. The van der Waals surface area contributed by atoms with Crippen LogP contribution in [0.2, 0.25) is 25.7 Å². The molecule has 2 aromatic carbocycles. The molecule has 0 amide bonds. The Balaban J connectivity index is 1.82. The van der Waals surface area contributed by atoms with Gasteiger partial charge in [0.25, 0.3) is 0 Å². The summed E-state index contributed by atoms with van der Waals surface area (Å²) in [5.74, 6) is 1.12. The van der Waals surface area contributed by atoms with E-state index in [0.29, 0.717) is 24.3 Å². The van der Waals surface area contributed by atoms with Crippen molar-refractivity contribution in [2.24, 2.45) is 0 Å². The molecule has 3 rings (SSSR count). The lowest BCUT2D eigenvalue weighted by Crippen LogP contribution is -2.23. The number of hydrogen-bond donors (Lipinski definition) is 1. The number of benzene rings is 2. The van der Waals surface area contributed by atoms with Gasteiger partial charge in [-0.25, -0.2) is 4.79 Å². The van der Waals surface area contributed by atoms with E-state index in [1.165, 1.54) is 11.1 Å². The average molecular weight is 468 g/mol. The first kappa shape index (κ1) is 25.1. The van der Waals surface area contributed by atoms with Gasteiger partial charge < -0.3 is 19.5 Å². The molecule has 6 heteroatoms. The van der Waals surface area contributed by atoms with Crippen LogP contribution >= 0.6 is 0 Å². The maximum atomic E-state index is 12.6. The number of carbonyl (C=O) groups is 1. The second kappa shape index (κ2) is 11.0. The molecule has 0 spiro atoms. The first-order chi connectivity index (χ1) is 15.7. The van der Waals surface area contributed by atoms with E-state index in [-0.39, 0.29) is 12.6 Å². The first-order valence-electron chi connectivity index (χ1n) is 11.6. The molecule has 0 unspecified atom stereocenters. The molecule has 0 radical (unpaired) electrons. The highest BCUT2D eigenvalue weighted by Gasteiger charge is 2.33. The highest BCUT2D eigenvalue weighted by atomic mass is 28.3. The van der Waals surface area contributed by atoms with Gasteiger partial charge in [0, 0.05) is 32.3 Å². The zero-order valence-corrected chi connectivity index (χ0v) is 21.8. The summed E-state index contributed by atoms with van der Waals surface area (Å²) in [5.41, 5.74) is 5.82. The minimum Gasteiger partial charge on any atom is -0.496 e. The monoisotopic (exact) mass is 467 g/mol. The van der Waals surface area contributed by atoms with E-state index in [0.717, 1.165) is 41.6 Å². The maximum absolute atomic E-state index is 12.6. The molecule has 0 fully saturated rings. The molecule has 1 heterocycles. The SMILES string of the molecule is COc1c(C)c2c(c(OCC[Si](C)(C)C)c1C/C=C(\C)CNCc1ccccc1)C(=O)OC2. The quantitative estimate of drug-likeness (QED) is 0.262. The Morgan fingerprint density at radius 2 is 1.91 bits per heavy atom. The van der Waals surface area contributed by atoms with Crippen LogP contribution in [0, 0.1) is 6.92 Å². The van der Waals surface area contributed by atoms with Crippen molar-refractivity contribution in [3.63, 3.8) is 0 Å². The van der Waals surface area contributed by atoms with Crippen molar-refractivity contribution in [2.75, 3.05) is 20.3 Å². The van der Waals surface area contributed by atoms with Gasteiger partial charge in [-0.1, -0.05) is 61.6 Å². The average Bonchev–Trinajstić information content (AvgIpc) is 3.16. The largest absolute Gasteiger partial charge is 0.496 e. The zero-order valence-electron chi connectivity index (χ0n) is 20.8. The predicted octanol–water partition coefficient (Wildman–Crippen LogP) is 5.67. The Morgan fingerprint density at radius 3 is 2.58 bits per heavy atom. The van der Waals surface area contributed by atoms with Crippen molar-refractivity contribution in [2.45, 2.75) is 59.1 Å². The van der Waals surface area contributed by atoms with Gasteiger partial charge in [-0.15, -0.1) is 0 Å². The van der Waals surface area contributed by atoms with E-state index >= 15 is 0 Å². The van der Waals surface area contributed by atoms with E-state index in [2.05, 4.69) is 62.2 Å². The number of rotatable bonds is 11. The third-order valence-electron chi connectivity index (χ3n) is 5.96. The van der Waals surface area contributed by atoms with Crippen LogP contribution in [-0.4, -0.2) is 34.3 Å². The Hall–Kier alpha value is -2.57. The Bertz CT molecular complexity index is 1010. The summed E-state index contributed by atoms with van der Waals surface area (Å²) >= 11 is 0. The summed E-state index contributed by atoms with van der Waals surface area (Å²) in [5, 5.41) is 3.49. The zero-order chi connectivity index (χ0) is 24.0. The van der Waals surface area contributed by atoms with E-state index in [4.69, 9.17) is 14.2 Å². The lowest BCUT2D eigenvalue weighted by Gasteiger charge is -2.21. The fourth-order valence-electron chi connectivity index (χ4n) is 3.98. The second-order valence-corrected chi connectivity index (χ2v) is 15.5. The summed E-state index contributed by atoms with van der Waals surface area (Å²) in [7, 11) is 0.404. The van der Waals surface area contributed by atoms with E-state index < -0.39 is 8.07 Å². The van der Waals surface area contributed by atoms with Crippen LogP contribution in [0.15, 0.2) is 42.0 Å². The third kappa shape index (κ3) is 6.48. The van der Waals surface area contributed by atoms with Gasteiger partial charge in [-0.3, -0.25) is 0 Å². The number of hydrogen-bond acceptors (Lipinski definition) is 5. The summed E-state index contributed by atoms with van der Waals surface area (Å²) in [6, 6.07) is 11.4. The van der Waals surface area contributed by atoms with Crippen molar-refractivity contribution >= 4 is 14.0 Å². The fourth-order valence-corrected chi connectivity index (χ4v) is 4.69.